The summed E-state index contributed by atoms with van der Waals surface area (Å²) in [4.78, 5) is 6.79. The summed E-state index contributed by atoms with van der Waals surface area (Å²) in [5.41, 5.74) is 4.95. The maximum atomic E-state index is 13.4. The van der Waals surface area contributed by atoms with Crippen LogP contribution in [-0.4, -0.2) is 26.7 Å². The molecule has 1 aliphatic heterocycles. The van der Waals surface area contributed by atoms with Gasteiger partial charge in [-0.15, -0.1) is 0 Å². The predicted molar refractivity (Wildman–Crippen MR) is 133 cm³/mol. The molecule has 0 saturated heterocycles. The number of nitrogens with one attached hydrogen (secondary N) is 1. The maximum Gasteiger partial charge on any atom is 0.258 e. The Balaban J connectivity index is 1.77. The summed E-state index contributed by atoms with van der Waals surface area (Å²) in [7, 11) is 0. The van der Waals surface area contributed by atoms with E-state index in [1.165, 1.54) is 17.7 Å². The highest BCUT2D eigenvalue weighted by Crippen LogP contribution is 2.37. The van der Waals surface area contributed by atoms with E-state index in [2.05, 4.69) is 72.3 Å². The molecule has 2 aromatic carbocycles. The first-order chi connectivity index (χ1) is 15.9. The largest absolute Gasteiger partial charge is 0.351 e. The highest BCUT2D eigenvalue weighted by molar-refractivity contribution is 7.80. The lowest BCUT2D eigenvalue weighted by molar-refractivity contribution is 0.390. The second kappa shape index (κ2) is 9.83. The third kappa shape index (κ3) is 4.98. The standard InChI is InChI=1S/C26H29FN4OS/c1-5-18-6-8-19(9-7-18)23-22(17(4)31(26(33)28-23)15-14-16(2)3)25-29-24(30-32-25)20-10-12-21(27)13-11-20/h6-13,16,23H,5,14-15H2,1-4H3,(H,28,33). The average molecular weight is 465 g/mol. The zero-order valence-corrected chi connectivity index (χ0v) is 20.2. The van der Waals surface area contributed by atoms with Gasteiger partial charge in [-0.1, -0.05) is 50.2 Å². The molecule has 1 aromatic heterocycles. The second-order valence-corrected chi connectivity index (χ2v) is 9.13. The van der Waals surface area contributed by atoms with Crippen LogP contribution in [0.2, 0.25) is 0 Å². The molecule has 33 heavy (non-hydrogen) atoms. The molecule has 5 nitrogen and oxygen atoms in total. The minimum Gasteiger partial charge on any atom is -0.351 e. The molecule has 1 atom stereocenters. The Morgan fingerprint density at radius 2 is 1.82 bits per heavy atom. The minimum absolute atomic E-state index is 0.208. The van der Waals surface area contributed by atoms with Gasteiger partial charge in [-0.2, -0.15) is 4.98 Å². The molecule has 0 spiro atoms. The van der Waals surface area contributed by atoms with Crippen LogP contribution in [0.4, 0.5) is 4.39 Å². The summed E-state index contributed by atoms with van der Waals surface area (Å²) < 4.78 is 19.1. The van der Waals surface area contributed by atoms with Gasteiger partial charge >= 0.3 is 0 Å². The topological polar surface area (TPSA) is 54.2 Å². The normalized spacial score (nSPS) is 16.5. The van der Waals surface area contributed by atoms with E-state index in [1.807, 2.05) is 0 Å². The fourth-order valence-electron chi connectivity index (χ4n) is 3.96. The second-order valence-electron chi connectivity index (χ2n) is 8.74. The van der Waals surface area contributed by atoms with E-state index in [9.17, 15) is 4.39 Å². The quantitative estimate of drug-likeness (QED) is 0.424. The molecule has 4 rings (SSSR count). The summed E-state index contributed by atoms with van der Waals surface area (Å²) in [6, 6.07) is 14.4. The third-order valence-corrected chi connectivity index (χ3v) is 6.34. The fraction of sp³-hybridized carbons (Fsp3) is 0.346. The van der Waals surface area contributed by atoms with Gasteiger partial charge in [0.15, 0.2) is 5.11 Å². The van der Waals surface area contributed by atoms with Crippen LogP contribution in [0.5, 0.6) is 0 Å². The van der Waals surface area contributed by atoms with Crippen LogP contribution in [0, 0.1) is 11.7 Å². The van der Waals surface area contributed by atoms with E-state index in [0.29, 0.717) is 28.3 Å². The predicted octanol–water partition coefficient (Wildman–Crippen LogP) is 6.15. The van der Waals surface area contributed by atoms with Crippen molar-refractivity contribution in [1.29, 1.82) is 0 Å². The first-order valence-corrected chi connectivity index (χ1v) is 11.8. The average Bonchev–Trinajstić information content (AvgIpc) is 3.28. The van der Waals surface area contributed by atoms with Gasteiger partial charge in [0.05, 0.1) is 11.6 Å². The van der Waals surface area contributed by atoms with E-state index < -0.39 is 0 Å². The number of benzene rings is 2. The lowest BCUT2D eigenvalue weighted by Gasteiger charge is -2.37. The molecule has 0 fully saturated rings. The van der Waals surface area contributed by atoms with Crippen LogP contribution >= 0.6 is 12.2 Å². The number of thiocarbonyl (C=S) groups is 1. The Labute approximate surface area is 199 Å². The molecule has 0 amide bonds. The zero-order chi connectivity index (χ0) is 23.5. The van der Waals surface area contributed by atoms with Crippen LogP contribution in [-0.2, 0) is 6.42 Å². The van der Waals surface area contributed by atoms with Gasteiger partial charge in [0.25, 0.3) is 5.89 Å². The number of hydrogen-bond donors (Lipinski definition) is 1. The molecule has 0 bridgehead atoms. The van der Waals surface area contributed by atoms with Crippen LogP contribution in [0.1, 0.15) is 57.2 Å². The van der Waals surface area contributed by atoms with Gasteiger partial charge in [-0.05, 0) is 73.3 Å². The Morgan fingerprint density at radius 1 is 1.12 bits per heavy atom. The number of nitrogens with zero attached hydrogens (tertiary/aromatic N) is 3. The number of allylic oxidation sites excluding steroid dienone is 1. The van der Waals surface area contributed by atoms with Crippen LogP contribution in [0.15, 0.2) is 58.8 Å². The van der Waals surface area contributed by atoms with Crippen molar-refractivity contribution in [1.82, 2.24) is 20.4 Å². The zero-order valence-electron chi connectivity index (χ0n) is 19.4. The molecular weight excluding hydrogens is 435 g/mol. The fourth-order valence-corrected chi connectivity index (χ4v) is 4.31. The van der Waals surface area contributed by atoms with Crippen LogP contribution in [0.3, 0.4) is 0 Å². The molecule has 7 heteroatoms. The van der Waals surface area contributed by atoms with Gasteiger partial charge in [0.2, 0.25) is 5.82 Å². The highest BCUT2D eigenvalue weighted by atomic mass is 32.1. The summed E-state index contributed by atoms with van der Waals surface area (Å²) in [6.45, 7) is 9.40. The summed E-state index contributed by atoms with van der Waals surface area (Å²) in [6.07, 6.45) is 1.99. The summed E-state index contributed by atoms with van der Waals surface area (Å²) in [5, 5.41) is 8.37. The Bertz CT molecular complexity index is 1150. The van der Waals surface area contributed by atoms with E-state index in [1.54, 1.807) is 12.1 Å². The van der Waals surface area contributed by atoms with Gasteiger partial charge in [0, 0.05) is 17.8 Å². The number of aryl methyl sites for hydroxylation is 1. The van der Waals surface area contributed by atoms with E-state index in [4.69, 9.17) is 16.7 Å². The number of aromatic nitrogens is 2. The van der Waals surface area contributed by atoms with Crippen molar-refractivity contribution in [2.75, 3.05) is 6.54 Å². The van der Waals surface area contributed by atoms with E-state index in [-0.39, 0.29) is 11.9 Å². The van der Waals surface area contributed by atoms with E-state index in [0.717, 1.165) is 36.2 Å². The molecule has 3 aromatic rings. The lowest BCUT2D eigenvalue weighted by atomic mass is 9.93. The number of hydrogen-bond acceptors (Lipinski definition) is 4. The molecular formula is C26H29FN4OS. The highest BCUT2D eigenvalue weighted by Gasteiger charge is 2.34. The Morgan fingerprint density at radius 3 is 2.45 bits per heavy atom. The SMILES string of the molecule is CCc1ccc(C2NC(=S)N(CCC(C)C)C(C)=C2c2nc(-c3ccc(F)cc3)no2)cc1. The van der Waals surface area contributed by atoms with Crippen LogP contribution in [0.25, 0.3) is 17.0 Å². The first kappa shape index (κ1) is 23.1. The van der Waals surface area contributed by atoms with Crippen molar-refractivity contribution in [2.45, 2.75) is 46.6 Å². The summed E-state index contributed by atoms with van der Waals surface area (Å²) >= 11 is 5.76. The molecule has 0 saturated carbocycles. The molecule has 0 radical (unpaired) electrons. The van der Waals surface area contributed by atoms with Crippen molar-refractivity contribution in [3.05, 3.63) is 77.1 Å². The Kier molecular flexibility index (Phi) is 6.88. The Hall–Kier alpha value is -3.06. The molecule has 172 valence electrons. The molecule has 1 unspecified atom stereocenters. The monoisotopic (exact) mass is 464 g/mol. The van der Waals surface area contributed by atoms with Gasteiger partial charge in [0.1, 0.15) is 5.82 Å². The van der Waals surface area contributed by atoms with Gasteiger partial charge in [-0.3, -0.25) is 0 Å². The first-order valence-electron chi connectivity index (χ1n) is 11.3. The van der Waals surface area contributed by atoms with E-state index >= 15 is 0 Å². The smallest absolute Gasteiger partial charge is 0.258 e. The van der Waals surface area contributed by atoms with Gasteiger partial charge in [-0.25, -0.2) is 4.39 Å². The number of rotatable bonds is 7. The minimum atomic E-state index is -0.303. The maximum absolute atomic E-state index is 13.4. The van der Waals surface area contributed by atoms with Crippen molar-refractivity contribution in [3.63, 3.8) is 0 Å². The van der Waals surface area contributed by atoms with Crippen molar-refractivity contribution in [3.8, 4) is 11.4 Å². The molecule has 0 aliphatic carbocycles. The van der Waals surface area contributed by atoms with Crippen molar-refractivity contribution < 1.29 is 8.91 Å². The summed E-state index contributed by atoms with van der Waals surface area (Å²) in [5.74, 6) is 1.10. The molecule has 1 aliphatic rings. The van der Waals surface area contributed by atoms with Crippen molar-refractivity contribution >= 4 is 22.9 Å². The third-order valence-electron chi connectivity index (χ3n) is 6.01. The van der Waals surface area contributed by atoms with Crippen LogP contribution < -0.4 is 5.32 Å². The number of halogens is 1. The molecule has 2 heterocycles. The van der Waals surface area contributed by atoms with Crippen molar-refractivity contribution in [2.24, 2.45) is 5.92 Å². The van der Waals surface area contributed by atoms with Gasteiger partial charge < -0.3 is 14.7 Å². The lowest BCUT2D eigenvalue weighted by Crippen LogP contribution is -2.46. The molecule has 1 N–H and O–H groups in total.